The van der Waals surface area contributed by atoms with Crippen molar-refractivity contribution in [2.24, 2.45) is 5.14 Å². The normalized spacial score (nSPS) is 11.1. The molecule has 0 aliphatic carbocycles. The van der Waals surface area contributed by atoms with Crippen LogP contribution in [0.1, 0.15) is 16.8 Å². The molecule has 2 aromatic rings. The van der Waals surface area contributed by atoms with Gasteiger partial charge in [-0.15, -0.1) is 0 Å². The summed E-state index contributed by atoms with van der Waals surface area (Å²) in [6.45, 7) is 3.69. The molecule has 0 atom stereocenters. The summed E-state index contributed by atoms with van der Waals surface area (Å²) in [5.74, 6) is 0.430. The Morgan fingerprint density at radius 1 is 1.29 bits per heavy atom. The van der Waals surface area contributed by atoms with Crippen molar-refractivity contribution in [3.8, 4) is 11.8 Å². The van der Waals surface area contributed by atoms with E-state index >= 15 is 0 Å². The number of nitrogens with zero attached hydrogens (tertiary/aromatic N) is 3. The van der Waals surface area contributed by atoms with Crippen LogP contribution in [-0.4, -0.2) is 24.8 Å². The van der Waals surface area contributed by atoms with Gasteiger partial charge >= 0.3 is 0 Å². The zero-order chi connectivity index (χ0) is 17.9. The van der Waals surface area contributed by atoms with Crippen molar-refractivity contribution in [2.75, 3.05) is 6.61 Å². The zero-order valence-electron chi connectivity index (χ0n) is 13.2. The van der Waals surface area contributed by atoms with E-state index in [0.717, 1.165) is 0 Å². The maximum atomic E-state index is 12.1. The molecular weight excluding hydrogens is 332 g/mol. The Kier molecular flexibility index (Phi) is 5.02. The van der Waals surface area contributed by atoms with Crippen LogP contribution in [0.5, 0.6) is 5.75 Å². The van der Waals surface area contributed by atoms with Gasteiger partial charge in [-0.1, -0.05) is 0 Å². The van der Waals surface area contributed by atoms with E-state index in [2.05, 4.69) is 5.10 Å². The molecule has 8 nitrogen and oxygen atoms in total. The zero-order valence-corrected chi connectivity index (χ0v) is 14.0. The van der Waals surface area contributed by atoms with Crippen molar-refractivity contribution in [2.45, 2.75) is 25.3 Å². The molecule has 24 heavy (non-hydrogen) atoms. The average molecular weight is 348 g/mol. The van der Waals surface area contributed by atoms with Gasteiger partial charge in [-0.05, 0) is 43.7 Å². The van der Waals surface area contributed by atoms with Gasteiger partial charge in [0.1, 0.15) is 24.0 Å². The molecule has 0 spiro atoms. The summed E-state index contributed by atoms with van der Waals surface area (Å²) in [6, 6.07) is 7.49. The summed E-state index contributed by atoms with van der Waals surface area (Å²) in [5, 5.41) is 18.2. The quantitative estimate of drug-likeness (QED) is 0.836. The van der Waals surface area contributed by atoms with Crippen LogP contribution < -0.4 is 15.4 Å². The van der Waals surface area contributed by atoms with Crippen LogP contribution >= 0.6 is 0 Å². The summed E-state index contributed by atoms with van der Waals surface area (Å²) < 4.78 is 29.0. The molecule has 0 saturated heterocycles. The molecule has 0 bridgehead atoms. The number of hydrogen-bond donors (Lipinski definition) is 1. The minimum atomic E-state index is -3.75. The Balaban J connectivity index is 2.09. The number of rotatable bonds is 5. The van der Waals surface area contributed by atoms with Crippen LogP contribution in [0.2, 0.25) is 0 Å². The highest BCUT2D eigenvalue weighted by Gasteiger charge is 2.11. The number of hydrogen-bond acceptors (Lipinski definition) is 6. The van der Waals surface area contributed by atoms with Gasteiger partial charge in [0.15, 0.2) is 0 Å². The smallest absolute Gasteiger partial charge is 0.285 e. The molecule has 0 amide bonds. The first-order chi connectivity index (χ1) is 11.2. The van der Waals surface area contributed by atoms with E-state index in [-0.39, 0.29) is 23.6 Å². The molecule has 0 aliphatic heterocycles. The standard InChI is InChI=1S/C15H16N4O4S/c1-10-11(2)18-19(15(20)14(10)9-16)7-8-23-12-3-5-13(6-4-12)24(17,21)22/h3-6H,7-8H2,1-2H3,(H2,17,21,22). The molecule has 2 N–H and O–H groups in total. The van der Waals surface area contributed by atoms with Gasteiger partial charge in [0, 0.05) is 0 Å². The minimum absolute atomic E-state index is 0.0134. The summed E-state index contributed by atoms with van der Waals surface area (Å²) in [6.07, 6.45) is 0. The van der Waals surface area contributed by atoms with Crippen molar-refractivity contribution in [1.82, 2.24) is 9.78 Å². The molecule has 0 unspecified atom stereocenters. The Hall–Kier alpha value is -2.70. The summed E-state index contributed by atoms with van der Waals surface area (Å²) >= 11 is 0. The van der Waals surface area contributed by atoms with Gasteiger partial charge in [-0.25, -0.2) is 18.2 Å². The first kappa shape index (κ1) is 17.7. The number of nitrogens with two attached hydrogens (primary N) is 1. The van der Waals surface area contributed by atoms with Gasteiger partial charge in [0.2, 0.25) is 10.0 Å². The number of aromatic nitrogens is 2. The second-order valence-electron chi connectivity index (χ2n) is 5.09. The lowest BCUT2D eigenvalue weighted by Crippen LogP contribution is -2.29. The van der Waals surface area contributed by atoms with Gasteiger partial charge in [-0.3, -0.25) is 4.79 Å². The summed E-state index contributed by atoms with van der Waals surface area (Å²) in [7, 11) is -3.75. The highest BCUT2D eigenvalue weighted by molar-refractivity contribution is 7.89. The molecule has 9 heteroatoms. The number of benzene rings is 1. The number of primary sulfonamides is 1. The predicted octanol–water partition coefficient (Wildman–Crippen LogP) is 0.458. The van der Waals surface area contributed by atoms with Crippen molar-refractivity contribution in [3.05, 3.63) is 51.4 Å². The number of sulfonamides is 1. The number of ether oxygens (including phenoxy) is 1. The van der Waals surface area contributed by atoms with Crippen molar-refractivity contribution < 1.29 is 13.2 Å². The maximum Gasteiger partial charge on any atom is 0.285 e. The first-order valence-corrected chi connectivity index (χ1v) is 8.52. The lowest BCUT2D eigenvalue weighted by atomic mass is 10.1. The van der Waals surface area contributed by atoms with Crippen LogP contribution in [0.3, 0.4) is 0 Å². The van der Waals surface area contributed by atoms with Crippen LogP contribution in [0.4, 0.5) is 0 Å². The summed E-state index contributed by atoms with van der Waals surface area (Å²) in [5.41, 5.74) is 0.774. The number of aryl methyl sites for hydroxylation is 1. The fourth-order valence-corrected chi connectivity index (χ4v) is 2.55. The maximum absolute atomic E-state index is 12.1. The molecule has 0 radical (unpaired) electrons. The fraction of sp³-hybridized carbons (Fsp3) is 0.267. The first-order valence-electron chi connectivity index (χ1n) is 6.98. The van der Waals surface area contributed by atoms with Crippen LogP contribution in [0.15, 0.2) is 34.0 Å². The largest absolute Gasteiger partial charge is 0.492 e. The minimum Gasteiger partial charge on any atom is -0.492 e. The van der Waals surface area contributed by atoms with Gasteiger partial charge in [0.05, 0.1) is 17.1 Å². The molecular formula is C15H16N4O4S. The molecule has 0 saturated carbocycles. The van der Waals surface area contributed by atoms with E-state index < -0.39 is 15.6 Å². The van der Waals surface area contributed by atoms with E-state index in [4.69, 9.17) is 15.1 Å². The number of nitriles is 1. The molecule has 2 rings (SSSR count). The van der Waals surface area contributed by atoms with E-state index in [9.17, 15) is 13.2 Å². The Labute approximate surface area is 139 Å². The lowest BCUT2D eigenvalue weighted by Gasteiger charge is -2.10. The summed E-state index contributed by atoms with van der Waals surface area (Å²) in [4.78, 5) is 12.1. The van der Waals surface area contributed by atoms with E-state index in [1.165, 1.54) is 28.9 Å². The lowest BCUT2D eigenvalue weighted by molar-refractivity contribution is 0.287. The van der Waals surface area contributed by atoms with Crippen LogP contribution in [-0.2, 0) is 16.6 Å². The van der Waals surface area contributed by atoms with Gasteiger partial charge < -0.3 is 4.74 Å². The monoisotopic (exact) mass is 348 g/mol. The molecule has 1 aromatic heterocycles. The third-order valence-electron chi connectivity index (χ3n) is 3.47. The van der Waals surface area contributed by atoms with Crippen molar-refractivity contribution in [1.29, 1.82) is 5.26 Å². The van der Waals surface area contributed by atoms with E-state index in [1.54, 1.807) is 13.8 Å². The molecule has 0 fully saturated rings. The molecule has 1 aromatic carbocycles. The Morgan fingerprint density at radius 2 is 1.92 bits per heavy atom. The van der Waals surface area contributed by atoms with Crippen LogP contribution in [0, 0.1) is 25.2 Å². The van der Waals surface area contributed by atoms with Gasteiger partial charge in [0.25, 0.3) is 5.56 Å². The molecule has 0 aliphatic rings. The van der Waals surface area contributed by atoms with Crippen LogP contribution in [0.25, 0.3) is 0 Å². The van der Waals surface area contributed by atoms with Crippen molar-refractivity contribution in [3.63, 3.8) is 0 Å². The second kappa shape index (κ2) is 6.82. The second-order valence-corrected chi connectivity index (χ2v) is 6.65. The molecule has 1 heterocycles. The third-order valence-corrected chi connectivity index (χ3v) is 4.40. The van der Waals surface area contributed by atoms with Gasteiger partial charge in [-0.2, -0.15) is 10.4 Å². The third kappa shape index (κ3) is 3.79. The highest BCUT2D eigenvalue weighted by atomic mass is 32.2. The Morgan fingerprint density at radius 3 is 2.46 bits per heavy atom. The average Bonchev–Trinajstić information content (AvgIpc) is 2.52. The molecule has 126 valence electrons. The van der Waals surface area contributed by atoms with Crippen molar-refractivity contribution >= 4 is 10.0 Å². The highest BCUT2D eigenvalue weighted by Crippen LogP contribution is 2.14. The van der Waals surface area contributed by atoms with E-state index in [1.807, 2.05) is 6.07 Å². The SMILES string of the molecule is Cc1nn(CCOc2ccc(S(N)(=O)=O)cc2)c(=O)c(C#N)c1C. The predicted molar refractivity (Wildman–Crippen MR) is 86.0 cm³/mol. The van der Waals surface area contributed by atoms with E-state index in [0.29, 0.717) is 17.0 Å². The topological polar surface area (TPSA) is 128 Å². The Bertz CT molecular complexity index is 957. The fourth-order valence-electron chi connectivity index (χ4n) is 2.03.